The summed E-state index contributed by atoms with van der Waals surface area (Å²) in [5, 5.41) is 0. The Morgan fingerprint density at radius 3 is 2.84 bits per heavy atom. The van der Waals surface area contributed by atoms with E-state index in [1.807, 2.05) is 24.4 Å². The van der Waals surface area contributed by atoms with Crippen molar-refractivity contribution >= 4 is 5.91 Å². The van der Waals surface area contributed by atoms with Crippen molar-refractivity contribution in [3.05, 3.63) is 48.0 Å². The number of aromatic nitrogens is 2. The predicted octanol–water partition coefficient (Wildman–Crippen LogP) is 2.20. The normalized spacial score (nSPS) is 14.3. The summed E-state index contributed by atoms with van der Waals surface area (Å²) >= 11 is 0. The molecule has 0 bridgehead atoms. The van der Waals surface area contributed by atoms with Crippen LogP contribution in [0.5, 0.6) is 0 Å². The van der Waals surface area contributed by atoms with Crippen LogP contribution in [0.4, 0.5) is 0 Å². The van der Waals surface area contributed by atoms with Gasteiger partial charge < -0.3 is 5.73 Å². The summed E-state index contributed by atoms with van der Waals surface area (Å²) in [5.74, 6) is 0.264. The molecule has 19 heavy (non-hydrogen) atoms. The summed E-state index contributed by atoms with van der Waals surface area (Å²) < 4.78 is 0. The molecule has 4 nitrogen and oxygen atoms in total. The second kappa shape index (κ2) is 4.80. The van der Waals surface area contributed by atoms with Gasteiger partial charge in [0.25, 0.3) is 5.91 Å². The van der Waals surface area contributed by atoms with Gasteiger partial charge in [0, 0.05) is 23.7 Å². The quantitative estimate of drug-likeness (QED) is 0.908. The first-order chi connectivity index (χ1) is 9.24. The van der Waals surface area contributed by atoms with Crippen molar-refractivity contribution in [2.24, 2.45) is 11.7 Å². The van der Waals surface area contributed by atoms with Crippen LogP contribution < -0.4 is 5.73 Å². The number of carbonyl (C=O) groups is 1. The minimum Gasteiger partial charge on any atom is -0.364 e. The molecule has 1 saturated carbocycles. The first-order valence-electron chi connectivity index (χ1n) is 6.44. The molecule has 0 atom stereocenters. The smallest absolute Gasteiger partial charge is 0.267 e. The van der Waals surface area contributed by atoms with E-state index in [0.717, 1.165) is 29.2 Å². The van der Waals surface area contributed by atoms with Gasteiger partial charge in [-0.05, 0) is 48.9 Å². The molecule has 1 amide bonds. The van der Waals surface area contributed by atoms with Crippen LogP contribution in [0.1, 0.15) is 29.0 Å². The maximum absolute atomic E-state index is 11.2. The summed E-state index contributed by atoms with van der Waals surface area (Å²) in [5.41, 5.74) is 8.67. The number of hydrogen-bond donors (Lipinski definition) is 1. The van der Waals surface area contributed by atoms with Gasteiger partial charge >= 0.3 is 0 Å². The predicted molar refractivity (Wildman–Crippen MR) is 72.4 cm³/mol. The summed E-state index contributed by atoms with van der Waals surface area (Å²) in [6.45, 7) is 0. The van der Waals surface area contributed by atoms with Crippen molar-refractivity contribution in [3.63, 3.8) is 0 Å². The molecule has 2 aromatic heterocycles. The third kappa shape index (κ3) is 2.62. The van der Waals surface area contributed by atoms with E-state index in [9.17, 15) is 4.79 Å². The van der Waals surface area contributed by atoms with E-state index in [1.54, 1.807) is 12.3 Å². The maximum atomic E-state index is 11.2. The van der Waals surface area contributed by atoms with Gasteiger partial charge in [-0.25, -0.2) is 0 Å². The number of nitrogens with zero attached hydrogens (tertiary/aromatic N) is 2. The van der Waals surface area contributed by atoms with Gasteiger partial charge in [0.2, 0.25) is 0 Å². The molecule has 1 aliphatic carbocycles. The van der Waals surface area contributed by atoms with Gasteiger partial charge in [0.1, 0.15) is 5.69 Å². The molecule has 0 aliphatic heterocycles. The van der Waals surface area contributed by atoms with Crippen LogP contribution in [0.3, 0.4) is 0 Å². The third-order valence-corrected chi connectivity index (χ3v) is 3.39. The van der Waals surface area contributed by atoms with Gasteiger partial charge in [-0.3, -0.25) is 14.8 Å². The lowest BCUT2D eigenvalue weighted by molar-refractivity contribution is 0.0995. The molecule has 96 valence electrons. The molecule has 1 aliphatic rings. The van der Waals surface area contributed by atoms with Crippen LogP contribution in [0.25, 0.3) is 11.1 Å². The topological polar surface area (TPSA) is 68.9 Å². The number of amides is 1. The Morgan fingerprint density at radius 2 is 2.11 bits per heavy atom. The zero-order chi connectivity index (χ0) is 13.2. The third-order valence-electron chi connectivity index (χ3n) is 3.39. The zero-order valence-corrected chi connectivity index (χ0v) is 10.5. The minimum atomic E-state index is -0.505. The molecular formula is C15H15N3O. The van der Waals surface area contributed by atoms with Gasteiger partial charge in [-0.15, -0.1) is 0 Å². The van der Waals surface area contributed by atoms with Crippen molar-refractivity contribution in [3.8, 4) is 11.1 Å². The Kier molecular flexibility index (Phi) is 2.99. The van der Waals surface area contributed by atoms with Crippen LogP contribution in [-0.4, -0.2) is 15.9 Å². The minimum absolute atomic E-state index is 0.290. The zero-order valence-electron chi connectivity index (χ0n) is 10.5. The second-order valence-electron chi connectivity index (χ2n) is 4.94. The molecule has 2 heterocycles. The number of primary amides is 1. The summed E-state index contributed by atoms with van der Waals surface area (Å²) in [4.78, 5) is 19.6. The highest BCUT2D eigenvalue weighted by Crippen LogP contribution is 2.34. The van der Waals surface area contributed by atoms with Crippen molar-refractivity contribution in [2.75, 3.05) is 0 Å². The van der Waals surface area contributed by atoms with E-state index >= 15 is 0 Å². The molecule has 4 heteroatoms. The summed E-state index contributed by atoms with van der Waals surface area (Å²) in [6.07, 6.45) is 7.02. The highest BCUT2D eigenvalue weighted by Gasteiger charge is 2.23. The molecule has 0 unspecified atom stereocenters. The fourth-order valence-corrected chi connectivity index (χ4v) is 2.19. The fourth-order valence-electron chi connectivity index (χ4n) is 2.19. The SMILES string of the molecule is NC(=O)c1cc(-c2cccnc2CC2CC2)ccn1. The van der Waals surface area contributed by atoms with Gasteiger partial charge in [-0.2, -0.15) is 0 Å². The van der Waals surface area contributed by atoms with E-state index in [1.165, 1.54) is 12.8 Å². The Morgan fingerprint density at radius 1 is 1.26 bits per heavy atom. The van der Waals surface area contributed by atoms with Gasteiger partial charge in [0.05, 0.1) is 0 Å². The number of carbonyl (C=O) groups excluding carboxylic acids is 1. The molecule has 0 spiro atoms. The lowest BCUT2D eigenvalue weighted by Gasteiger charge is -2.08. The van der Waals surface area contributed by atoms with Crippen LogP contribution in [-0.2, 0) is 6.42 Å². The van der Waals surface area contributed by atoms with Crippen molar-refractivity contribution in [2.45, 2.75) is 19.3 Å². The first-order valence-corrected chi connectivity index (χ1v) is 6.44. The van der Waals surface area contributed by atoms with E-state index in [0.29, 0.717) is 5.69 Å². The second-order valence-corrected chi connectivity index (χ2v) is 4.94. The molecule has 3 rings (SSSR count). The van der Waals surface area contributed by atoms with Crippen LogP contribution >= 0.6 is 0 Å². The van der Waals surface area contributed by atoms with Crippen molar-refractivity contribution < 1.29 is 4.79 Å². The number of hydrogen-bond acceptors (Lipinski definition) is 3. The number of rotatable bonds is 4. The van der Waals surface area contributed by atoms with E-state index < -0.39 is 5.91 Å². The average Bonchev–Trinajstić information content (AvgIpc) is 3.23. The van der Waals surface area contributed by atoms with Gasteiger partial charge in [0.15, 0.2) is 0 Å². The van der Waals surface area contributed by atoms with Crippen molar-refractivity contribution in [1.29, 1.82) is 0 Å². The lowest BCUT2D eigenvalue weighted by Crippen LogP contribution is -2.12. The Balaban J connectivity index is 2.00. The van der Waals surface area contributed by atoms with E-state index in [-0.39, 0.29) is 0 Å². The average molecular weight is 253 g/mol. The summed E-state index contributed by atoms with van der Waals surface area (Å²) in [7, 11) is 0. The van der Waals surface area contributed by atoms with Crippen LogP contribution in [0, 0.1) is 5.92 Å². The molecule has 0 radical (unpaired) electrons. The van der Waals surface area contributed by atoms with Crippen molar-refractivity contribution in [1.82, 2.24) is 9.97 Å². The Bertz CT molecular complexity index is 620. The fraction of sp³-hybridized carbons (Fsp3) is 0.267. The maximum Gasteiger partial charge on any atom is 0.267 e. The highest BCUT2D eigenvalue weighted by molar-refractivity contribution is 5.92. The molecule has 0 aromatic carbocycles. The highest BCUT2D eigenvalue weighted by atomic mass is 16.1. The standard InChI is InChI=1S/C15H15N3O/c16-15(19)14-9-11(5-7-18-14)12-2-1-6-17-13(12)8-10-3-4-10/h1-2,5-7,9-10H,3-4,8H2,(H2,16,19). The molecule has 2 N–H and O–H groups in total. The lowest BCUT2D eigenvalue weighted by atomic mass is 10.0. The van der Waals surface area contributed by atoms with E-state index in [2.05, 4.69) is 9.97 Å². The first kappa shape index (κ1) is 11.8. The number of nitrogens with two attached hydrogens (primary N) is 1. The molecule has 0 saturated heterocycles. The van der Waals surface area contributed by atoms with Crippen LogP contribution in [0.2, 0.25) is 0 Å². The number of pyridine rings is 2. The molecule has 1 fully saturated rings. The largest absolute Gasteiger partial charge is 0.364 e. The Hall–Kier alpha value is -2.23. The molecular weight excluding hydrogens is 238 g/mol. The monoisotopic (exact) mass is 253 g/mol. The molecule has 2 aromatic rings. The Labute approximate surface area is 111 Å². The van der Waals surface area contributed by atoms with E-state index in [4.69, 9.17) is 5.73 Å². The van der Waals surface area contributed by atoms with Gasteiger partial charge in [-0.1, -0.05) is 6.07 Å². The summed E-state index contributed by atoms with van der Waals surface area (Å²) in [6, 6.07) is 7.57. The van der Waals surface area contributed by atoms with Crippen LogP contribution in [0.15, 0.2) is 36.7 Å².